The van der Waals surface area contributed by atoms with E-state index in [4.69, 9.17) is 5.41 Å². The maximum atomic E-state index is 7.32. The molecule has 0 atom stereocenters. The van der Waals surface area contributed by atoms with Crippen LogP contribution in [0.2, 0.25) is 0 Å². The Morgan fingerprint density at radius 2 is 2.00 bits per heavy atom. The van der Waals surface area contributed by atoms with Gasteiger partial charge in [-0.15, -0.1) is 0 Å². The van der Waals surface area contributed by atoms with E-state index in [2.05, 4.69) is 4.99 Å². The highest BCUT2D eigenvalue weighted by molar-refractivity contribution is 6.40. The van der Waals surface area contributed by atoms with Crippen molar-refractivity contribution in [1.82, 2.24) is 0 Å². The molecule has 0 fully saturated rings. The Morgan fingerprint density at radius 3 is 2.33 bits per heavy atom. The van der Waals surface area contributed by atoms with Crippen LogP contribution in [-0.2, 0) is 0 Å². The van der Waals surface area contributed by atoms with Crippen molar-refractivity contribution in [2.24, 2.45) is 4.99 Å². The fraction of sp³-hybridized carbons (Fsp3) is 0.714. The third-order valence-electron chi connectivity index (χ3n) is 1.19. The van der Waals surface area contributed by atoms with Crippen molar-refractivity contribution in [2.75, 3.05) is 6.54 Å². The van der Waals surface area contributed by atoms with Gasteiger partial charge in [0.2, 0.25) is 0 Å². The SMILES string of the molecule is CCN=C(C)C(=N)CC. The Balaban J connectivity index is 3.86. The summed E-state index contributed by atoms with van der Waals surface area (Å²) in [5, 5.41) is 7.32. The fourth-order valence-corrected chi connectivity index (χ4v) is 0.588. The summed E-state index contributed by atoms with van der Waals surface area (Å²) in [6.45, 7) is 6.62. The van der Waals surface area contributed by atoms with Gasteiger partial charge in [-0.25, -0.2) is 0 Å². The Kier molecular flexibility index (Phi) is 3.93. The minimum atomic E-state index is 0.650. The van der Waals surface area contributed by atoms with Crippen LogP contribution in [-0.4, -0.2) is 18.0 Å². The van der Waals surface area contributed by atoms with Gasteiger partial charge in [-0.3, -0.25) is 4.99 Å². The summed E-state index contributed by atoms with van der Waals surface area (Å²) in [4.78, 5) is 4.09. The first-order valence-electron chi connectivity index (χ1n) is 3.31. The summed E-state index contributed by atoms with van der Waals surface area (Å²) in [7, 11) is 0. The second-order valence-corrected chi connectivity index (χ2v) is 1.89. The lowest BCUT2D eigenvalue weighted by molar-refractivity contribution is 1.12. The summed E-state index contributed by atoms with van der Waals surface area (Å²) in [5.74, 6) is 0. The van der Waals surface area contributed by atoms with Crippen LogP contribution in [0.25, 0.3) is 0 Å². The molecule has 0 aliphatic rings. The van der Waals surface area contributed by atoms with Gasteiger partial charge in [-0.2, -0.15) is 0 Å². The van der Waals surface area contributed by atoms with Crippen LogP contribution in [0.4, 0.5) is 0 Å². The van der Waals surface area contributed by atoms with Crippen molar-refractivity contribution in [3.63, 3.8) is 0 Å². The number of nitrogens with one attached hydrogen (secondary N) is 1. The molecule has 0 spiro atoms. The second kappa shape index (κ2) is 4.24. The molecule has 0 bridgehead atoms. The second-order valence-electron chi connectivity index (χ2n) is 1.89. The minimum absolute atomic E-state index is 0.650. The molecule has 0 radical (unpaired) electrons. The molecule has 9 heavy (non-hydrogen) atoms. The molecule has 0 amide bonds. The monoisotopic (exact) mass is 126 g/mol. The van der Waals surface area contributed by atoms with Crippen LogP contribution in [0.15, 0.2) is 4.99 Å². The maximum Gasteiger partial charge on any atom is 0.0524 e. The van der Waals surface area contributed by atoms with E-state index < -0.39 is 0 Å². The Hall–Kier alpha value is -0.660. The van der Waals surface area contributed by atoms with E-state index >= 15 is 0 Å². The van der Waals surface area contributed by atoms with Gasteiger partial charge < -0.3 is 5.41 Å². The smallest absolute Gasteiger partial charge is 0.0524 e. The average Bonchev–Trinajstić information content (AvgIpc) is 1.87. The molecule has 0 heterocycles. The number of rotatable bonds is 3. The van der Waals surface area contributed by atoms with Crippen molar-refractivity contribution >= 4 is 11.4 Å². The van der Waals surface area contributed by atoms with Crippen LogP contribution < -0.4 is 0 Å². The topological polar surface area (TPSA) is 36.2 Å². The highest BCUT2D eigenvalue weighted by Gasteiger charge is 1.94. The van der Waals surface area contributed by atoms with Crippen LogP contribution in [0.3, 0.4) is 0 Å². The molecule has 0 aromatic carbocycles. The van der Waals surface area contributed by atoms with Crippen LogP contribution >= 0.6 is 0 Å². The Morgan fingerprint density at radius 1 is 1.44 bits per heavy atom. The molecule has 0 aromatic heterocycles. The highest BCUT2D eigenvalue weighted by Crippen LogP contribution is 1.86. The van der Waals surface area contributed by atoms with E-state index in [-0.39, 0.29) is 0 Å². The zero-order valence-corrected chi connectivity index (χ0v) is 6.36. The fourth-order valence-electron chi connectivity index (χ4n) is 0.588. The molecule has 0 aliphatic heterocycles. The first kappa shape index (κ1) is 8.34. The largest absolute Gasteiger partial charge is 0.303 e. The van der Waals surface area contributed by atoms with Gasteiger partial charge >= 0.3 is 0 Å². The zero-order valence-electron chi connectivity index (χ0n) is 6.36. The summed E-state index contributed by atoms with van der Waals surface area (Å²) in [6, 6.07) is 0. The van der Waals surface area contributed by atoms with Crippen molar-refractivity contribution in [3.8, 4) is 0 Å². The van der Waals surface area contributed by atoms with Crippen molar-refractivity contribution in [1.29, 1.82) is 5.41 Å². The molecular formula is C7H14N2. The van der Waals surface area contributed by atoms with E-state index in [1.165, 1.54) is 0 Å². The number of hydrogen-bond donors (Lipinski definition) is 1. The van der Waals surface area contributed by atoms with Crippen molar-refractivity contribution in [3.05, 3.63) is 0 Å². The molecule has 0 saturated carbocycles. The summed E-state index contributed by atoms with van der Waals surface area (Å²) >= 11 is 0. The lowest BCUT2D eigenvalue weighted by atomic mass is 10.2. The van der Waals surface area contributed by atoms with Crippen molar-refractivity contribution in [2.45, 2.75) is 27.2 Å². The molecule has 2 heteroatoms. The predicted molar refractivity (Wildman–Crippen MR) is 41.7 cm³/mol. The first-order chi connectivity index (χ1) is 4.22. The lowest BCUT2D eigenvalue weighted by Gasteiger charge is -1.96. The molecule has 1 N–H and O–H groups in total. The molecule has 0 saturated heterocycles. The van der Waals surface area contributed by atoms with E-state index in [0.29, 0.717) is 5.71 Å². The first-order valence-corrected chi connectivity index (χ1v) is 3.31. The van der Waals surface area contributed by atoms with Gasteiger partial charge in [0.1, 0.15) is 0 Å². The number of nitrogens with zero attached hydrogens (tertiary/aromatic N) is 1. The van der Waals surface area contributed by atoms with Gasteiger partial charge in [-0.05, 0) is 20.3 Å². The lowest BCUT2D eigenvalue weighted by Crippen LogP contribution is -2.07. The predicted octanol–water partition coefficient (Wildman–Crippen LogP) is 1.90. The van der Waals surface area contributed by atoms with Gasteiger partial charge in [0.05, 0.1) is 11.4 Å². The van der Waals surface area contributed by atoms with Crippen LogP contribution in [0.5, 0.6) is 0 Å². The minimum Gasteiger partial charge on any atom is -0.303 e. The van der Waals surface area contributed by atoms with E-state index in [1.54, 1.807) is 0 Å². The van der Waals surface area contributed by atoms with Gasteiger partial charge in [-0.1, -0.05) is 6.92 Å². The molecule has 0 rings (SSSR count). The number of hydrogen-bond acceptors (Lipinski definition) is 2. The zero-order chi connectivity index (χ0) is 7.28. The molecule has 0 unspecified atom stereocenters. The third-order valence-corrected chi connectivity index (χ3v) is 1.19. The van der Waals surface area contributed by atoms with E-state index in [0.717, 1.165) is 18.7 Å². The summed E-state index contributed by atoms with van der Waals surface area (Å²) in [5.41, 5.74) is 1.52. The van der Waals surface area contributed by atoms with Crippen molar-refractivity contribution < 1.29 is 0 Å². The molecule has 0 aliphatic carbocycles. The Bertz CT molecular complexity index is 125. The molecule has 2 nitrogen and oxygen atoms in total. The normalized spacial score (nSPS) is 11.7. The third kappa shape index (κ3) is 3.01. The summed E-state index contributed by atoms with van der Waals surface area (Å²) in [6.07, 6.45) is 0.787. The average molecular weight is 126 g/mol. The molecule has 52 valence electrons. The maximum absolute atomic E-state index is 7.32. The van der Waals surface area contributed by atoms with Gasteiger partial charge in [0.15, 0.2) is 0 Å². The van der Waals surface area contributed by atoms with Crippen LogP contribution in [0.1, 0.15) is 27.2 Å². The van der Waals surface area contributed by atoms with Gasteiger partial charge in [0.25, 0.3) is 0 Å². The van der Waals surface area contributed by atoms with E-state index in [9.17, 15) is 0 Å². The standard InChI is InChI=1S/C7H14N2/c1-4-7(8)6(3)9-5-2/h8H,4-5H2,1-3H3. The summed E-state index contributed by atoms with van der Waals surface area (Å²) < 4.78 is 0. The van der Waals surface area contributed by atoms with Gasteiger partial charge in [0, 0.05) is 6.54 Å². The molecular weight excluding hydrogens is 112 g/mol. The quantitative estimate of drug-likeness (QED) is 0.561. The molecule has 0 aromatic rings. The Labute approximate surface area is 56.5 Å². The number of aliphatic imine (C=N–C) groups is 1. The van der Waals surface area contributed by atoms with Crippen LogP contribution in [0, 0.1) is 5.41 Å². The highest BCUT2D eigenvalue weighted by atomic mass is 14.7. The van der Waals surface area contributed by atoms with E-state index in [1.807, 2.05) is 20.8 Å².